The number of esters is 1. The molecule has 1 aliphatic rings. The lowest BCUT2D eigenvalue weighted by molar-refractivity contribution is -0.145. The van der Waals surface area contributed by atoms with Crippen LogP contribution < -0.4 is 0 Å². The molecule has 1 aromatic carbocycles. The molecule has 0 N–H and O–H groups in total. The van der Waals surface area contributed by atoms with Gasteiger partial charge in [-0.3, -0.25) is 14.6 Å². The van der Waals surface area contributed by atoms with E-state index >= 15 is 0 Å². The van der Waals surface area contributed by atoms with E-state index in [4.69, 9.17) is 16.3 Å². The number of carbonyl (C=O) groups is 3. The summed E-state index contributed by atoms with van der Waals surface area (Å²) in [5.74, 6) is -0.331. The van der Waals surface area contributed by atoms with Gasteiger partial charge in [0.05, 0.1) is 19.6 Å². The normalized spacial score (nSPS) is 18.7. The highest BCUT2D eigenvalue weighted by atomic mass is 35.5. The van der Waals surface area contributed by atoms with Crippen LogP contribution in [0.2, 0.25) is 5.02 Å². The highest BCUT2D eigenvalue weighted by Gasteiger charge is 2.43. The Bertz CT molecular complexity index is 700. The Hall–Kier alpha value is -1.93. The summed E-state index contributed by atoms with van der Waals surface area (Å²) >= 11 is 7.43. The van der Waals surface area contributed by atoms with Gasteiger partial charge in [0.2, 0.25) is 0 Å². The molecule has 0 aromatic heterocycles. The van der Waals surface area contributed by atoms with Gasteiger partial charge in [0.25, 0.3) is 0 Å². The van der Waals surface area contributed by atoms with Crippen molar-refractivity contribution in [3.63, 3.8) is 0 Å². The fourth-order valence-electron chi connectivity index (χ4n) is 2.81. The summed E-state index contributed by atoms with van der Waals surface area (Å²) in [5.41, 5.74) is 0.480. The maximum absolute atomic E-state index is 13.1. The third-order valence-electron chi connectivity index (χ3n) is 4.25. The van der Waals surface area contributed by atoms with Gasteiger partial charge in [-0.05, 0) is 23.4 Å². The van der Waals surface area contributed by atoms with Gasteiger partial charge >= 0.3 is 18.0 Å². The predicted octanol–water partition coefficient (Wildman–Crippen LogP) is 3.48. The number of hydrogen-bond acceptors (Lipinski definition) is 5. The van der Waals surface area contributed by atoms with E-state index in [1.54, 1.807) is 31.0 Å². The van der Waals surface area contributed by atoms with Gasteiger partial charge in [-0.2, -0.15) is 0 Å². The van der Waals surface area contributed by atoms with Crippen molar-refractivity contribution in [3.05, 3.63) is 34.9 Å². The van der Waals surface area contributed by atoms with Crippen molar-refractivity contribution in [3.8, 4) is 0 Å². The van der Waals surface area contributed by atoms with Crippen molar-refractivity contribution in [1.82, 2.24) is 14.7 Å². The van der Waals surface area contributed by atoms with Gasteiger partial charge in [-0.25, -0.2) is 14.5 Å². The summed E-state index contributed by atoms with van der Waals surface area (Å²) in [4.78, 5) is 41.8. The van der Waals surface area contributed by atoms with Crippen LogP contribution in [-0.2, 0) is 16.1 Å². The molecule has 0 radical (unpaired) electrons. The predicted molar refractivity (Wildman–Crippen MR) is 105 cm³/mol. The maximum Gasteiger partial charge on any atom is 0.330 e. The number of rotatable bonds is 7. The Morgan fingerprint density at radius 1 is 1.26 bits per heavy atom. The molecule has 1 fully saturated rings. The van der Waals surface area contributed by atoms with Crippen molar-refractivity contribution in [2.45, 2.75) is 25.9 Å². The van der Waals surface area contributed by atoms with Crippen LogP contribution in [0.4, 0.5) is 9.59 Å². The van der Waals surface area contributed by atoms with E-state index in [-0.39, 0.29) is 6.54 Å². The molecule has 0 saturated carbocycles. The first-order valence-electron chi connectivity index (χ1n) is 8.58. The molecule has 1 heterocycles. The molecule has 1 saturated heterocycles. The highest BCUT2D eigenvalue weighted by Crippen LogP contribution is 2.29. The zero-order chi connectivity index (χ0) is 20.1. The first-order valence-corrected chi connectivity index (χ1v) is 10.0. The molecule has 9 heteroatoms. The van der Waals surface area contributed by atoms with Crippen LogP contribution in [0.5, 0.6) is 0 Å². The topological polar surface area (TPSA) is 70.2 Å². The summed E-state index contributed by atoms with van der Waals surface area (Å²) in [6, 6.07) is 6.38. The molecule has 0 aliphatic carbocycles. The summed E-state index contributed by atoms with van der Waals surface area (Å²) < 4.78 is 4.71. The minimum Gasteiger partial charge on any atom is -0.469 e. The van der Waals surface area contributed by atoms with Crippen LogP contribution in [0, 0.1) is 5.92 Å². The molecule has 0 bridgehead atoms. The highest BCUT2D eigenvalue weighted by molar-refractivity contribution is 7.99. The Labute approximate surface area is 168 Å². The van der Waals surface area contributed by atoms with Crippen molar-refractivity contribution in [2.75, 3.05) is 26.5 Å². The SMILES string of the molecule is CCS[C@H]1N(C)C(=O)N(CC(C)C(=O)OC)C(=O)N1Cc1ccc(Cl)cc1. The van der Waals surface area contributed by atoms with Crippen molar-refractivity contribution < 1.29 is 19.1 Å². The number of nitrogens with zero attached hydrogens (tertiary/aromatic N) is 3. The van der Waals surface area contributed by atoms with Gasteiger partial charge < -0.3 is 4.74 Å². The second-order valence-corrected chi connectivity index (χ2v) is 8.02. The molecule has 0 spiro atoms. The molecule has 148 valence electrons. The molecular formula is C18H24ClN3O4S. The first-order chi connectivity index (χ1) is 12.8. The number of amides is 4. The molecule has 2 rings (SSSR count). The van der Waals surface area contributed by atoms with Crippen LogP contribution in [-0.4, -0.2) is 64.7 Å². The largest absolute Gasteiger partial charge is 0.469 e. The van der Waals surface area contributed by atoms with Crippen LogP contribution in [0.25, 0.3) is 0 Å². The monoisotopic (exact) mass is 413 g/mol. The number of halogens is 1. The third kappa shape index (κ3) is 4.87. The number of carbonyl (C=O) groups excluding carboxylic acids is 3. The quantitative estimate of drug-likeness (QED) is 0.640. The molecule has 7 nitrogen and oxygen atoms in total. The average molecular weight is 414 g/mol. The lowest BCUT2D eigenvalue weighted by Crippen LogP contribution is -2.64. The zero-order valence-electron chi connectivity index (χ0n) is 15.8. The number of methoxy groups -OCH3 is 1. The van der Waals surface area contributed by atoms with E-state index in [2.05, 4.69) is 0 Å². The fraction of sp³-hybridized carbons (Fsp3) is 0.500. The average Bonchev–Trinajstić information content (AvgIpc) is 2.66. The molecule has 27 heavy (non-hydrogen) atoms. The van der Waals surface area contributed by atoms with E-state index in [1.807, 2.05) is 19.1 Å². The third-order valence-corrected chi connectivity index (χ3v) is 5.70. The standard InChI is InChI=1S/C18H24ClN3O4S/c1-5-27-18-20(3)16(24)21(10-12(2)15(23)26-4)17(25)22(18)11-13-6-8-14(19)9-7-13/h6-9,12,18H,5,10-11H2,1-4H3/t12?,18-/m0/s1. The van der Waals surface area contributed by atoms with E-state index < -0.39 is 29.4 Å². The molecule has 1 aliphatic heterocycles. The summed E-state index contributed by atoms with van der Waals surface area (Å²) in [5, 5.41) is 0.615. The van der Waals surface area contributed by atoms with Gasteiger partial charge in [-0.1, -0.05) is 37.6 Å². The zero-order valence-corrected chi connectivity index (χ0v) is 17.4. The maximum atomic E-state index is 13.1. The van der Waals surface area contributed by atoms with E-state index in [0.29, 0.717) is 11.6 Å². The number of benzene rings is 1. The lowest BCUT2D eigenvalue weighted by Gasteiger charge is -2.45. The van der Waals surface area contributed by atoms with Crippen LogP contribution in [0.3, 0.4) is 0 Å². The second kappa shape index (κ2) is 9.32. The van der Waals surface area contributed by atoms with Gasteiger partial charge in [-0.15, -0.1) is 11.8 Å². The lowest BCUT2D eigenvalue weighted by atomic mass is 10.1. The van der Waals surface area contributed by atoms with E-state index in [9.17, 15) is 14.4 Å². The van der Waals surface area contributed by atoms with E-state index in [0.717, 1.165) is 16.2 Å². The molecule has 1 unspecified atom stereocenters. The number of imide groups is 1. The van der Waals surface area contributed by atoms with Crippen LogP contribution in [0.1, 0.15) is 19.4 Å². The molecular weight excluding hydrogens is 390 g/mol. The summed E-state index contributed by atoms with van der Waals surface area (Å²) in [6.45, 7) is 3.89. The molecule has 1 aromatic rings. The fourth-order valence-corrected chi connectivity index (χ4v) is 3.90. The molecule has 2 atom stereocenters. The number of urea groups is 2. The Morgan fingerprint density at radius 2 is 1.89 bits per heavy atom. The van der Waals surface area contributed by atoms with Crippen LogP contribution >= 0.6 is 23.4 Å². The Balaban J connectivity index is 2.28. The smallest absolute Gasteiger partial charge is 0.330 e. The minimum atomic E-state index is -0.607. The Kier molecular flexibility index (Phi) is 7.38. The van der Waals surface area contributed by atoms with Crippen molar-refractivity contribution in [1.29, 1.82) is 0 Å². The number of hydrogen-bond donors (Lipinski definition) is 0. The minimum absolute atomic E-state index is 0.0324. The number of thioether (sulfide) groups is 1. The number of ether oxygens (including phenoxy) is 1. The van der Waals surface area contributed by atoms with Crippen molar-refractivity contribution >= 4 is 41.4 Å². The van der Waals surface area contributed by atoms with Crippen molar-refractivity contribution in [2.24, 2.45) is 5.92 Å². The Morgan fingerprint density at radius 3 is 2.44 bits per heavy atom. The van der Waals surface area contributed by atoms with E-state index in [1.165, 1.54) is 23.8 Å². The summed E-state index contributed by atoms with van der Waals surface area (Å²) in [6.07, 6.45) is 0. The van der Waals surface area contributed by atoms with Gasteiger partial charge in [0.1, 0.15) is 0 Å². The van der Waals surface area contributed by atoms with Gasteiger partial charge in [0.15, 0.2) is 5.50 Å². The molecule has 4 amide bonds. The van der Waals surface area contributed by atoms with Crippen LogP contribution in [0.15, 0.2) is 24.3 Å². The van der Waals surface area contributed by atoms with Gasteiger partial charge in [0, 0.05) is 18.6 Å². The second-order valence-electron chi connectivity index (χ2n) is 6.25. The summed E-state index contributed by atoms with van der Waals surface area (Å²) in [7, 11) is 2.94. The first kappa shape index (κ1) is 21.4.